The van der Waals surface area contributed by atoms with E-state index in [1.807, 2.05) is 0 Å². The monoisotopic (exact) mass is 332 g/mol. The number of halogens is 1. The van der Waals surface area contributed by atoms with E-state index in [1.165, 1.54) is 24.3 Å². The SMILES string of the molecule is Cc1cc([N+](=O)[O-])ccc1NC(=O)C[NH+](C)Cc1ccccc1F. The first-order chi connectivity index (χ1) is 11.4. The lowest BCUT2D eigenvalue weighted by atomic mass is 10.1. The number of aryl methyl sites for hydroxylation is 1. The third kappa shape index (κ3) is 4.60. The van der Waals surface area contributed by atoms with Crippen molar-refractivity contribution in [2.24, 2.45) is 0 Å². The van der Waals surface area contributed by atoms with E-state index in [0.717, 1.165) is 4.90 Å². The maximum atomic E-state index is 13.6. The third-order valence-corrected chi connectivity index (χ3v) is 3.61. The number of nitrogens with zero attached hydrogens (tertiary/aromatic N) is 1. The second-order valence-electron chi connectivity index (χ2n) is 5.71. The highest BCUT2D eigenvalue weighted by molar-refractivity contribution is 5.92. The van der Waals surface area contributed by atoms with E-state index in [0.29, 0.717) is 23.4 Å². The van der Waals surface area contributed by atoms with E-state index in [1.54, 1.807) is 32.2 Å². The average molecular weight is 332 g/mol. The molecule has 0 aliphatic heterocycles. The molecule has 1 unspecified atom stereocenters. The largest absolute Gasteiger partial charge is 0.326 e. The molecular formula is C17H19FN3O3+. The minimum atomic E-state index is -0.481. The number of non-ortho nitro benzene ring substituents is 1. The Balaban J connectivity index is 1.95. The number of nitro benzene ring substituents is 1. The first-order valence-electron chi connectivity index (χ1n) is 7.46. The molecule has 0 aromatic heterocycles. The van der Waals surface area contributed by atoms with Crippen LogP contribution >= 0.6 is 0 Å². The molecule has 1 atom stereocenters. The zero-order chi connectivity index (χ0) is 17.7. The van der Waals surface area contributed by atoms with Gasteiger partial charge in [0.05, 0.1) is 12.0 Å². The molecule has 2 rings (SSSR count). The zero-order valence-corrected chi connectivity index (χ0v) is 13.5. The molecule has 0 heterocycles. The summed E-state index contributed by atoms with van der Waals surface area (Å²) in [5, 5.41) is 13.4. The van der Waals surface area contributed by atoms with Gasteiger partial charge in [-0.1, -0.05) is 18.2 Å². The van der Waals surface area contributed by atoms with Crippen LogP contribution in [0.5, 0.6) is 0 Å². The number of quaternary nitrogens is 1. The number of hydrogen-bond donors (Lipinski definition) is 2. The number of rotatable bonds is 6. The third-order valence-electron chi connectivity index (χ3n) is 3.61. The second-order valence-corrected chi connectivity index (χ2v) is 5.71. The molecule has 2 aromatic rings. The first kappa shape index (κ1) is 17.6. The summed E-state index contributed by atoms with van der Waals surface area (Å²) in [4.78, 5) is 23.2. The van der Waals surface area contributed by atoms with Crippen molar-refractivity contribution in [3.8, 4) is 0 Å². The lowest BCUT2D eigenvalue weighted by molar-refractivity contribution is -0.885. The predicted molar refractivity (Wildman–Crippen MR) is 88.3 cm³/mol. The van der Waals surface area contributed by atoms with Crippen LogP contribution in [0.4, 0.5) is 15.8 Å². The van der Waals surface area contributed by atoms with Crippen LogP contribution < -0.4 is 10.2 Å². The summed E-state index contributed by atoms with van der Waals surface area (Å²) >= 11 is 0. The molecule has 0 bridgehead atoms. The van der Waals surface area contributed by atoms with Crippen molar-refractivity contribution in [3.63, 3.8) is 0 Å². The summed E-state index contributed by atoms with van der Waals surface area (Å²) in [5.74, 6) is -0.524. The van der Waals surface area contributed by atoms with Crippen molar-refractivity contribution < 1.29 is 19.0 Å². The second kappa shape index (κ2) is 7.65. The Kier molecular flexibility index (Phi) is 5.59. The Morgan fingerprint density at radius 2 is 2.00 bits per heavy atom. The summed E-state index contributed by atoms with van der Waals surface area (Å²) in [6.45, 7) is 2.24. The molecule has 24 heavy (non-hydrogen) atoms. The summed E-state index contributed by atoms with van der Waals surface area (Å²) < 4.78 is 13.6. The highest BCUT2D eigenvalue weighted by Gasteiger charge is 2.15. The molecule has 2 aromatic carbocycles. The molecule has 0 aliphatic rings. The number of likely N-dealkylation sites (N-methyl/N-ethyl adjacent to an activating group) is 1. The van der Waals surface area contributed by atoms with Crippen LogP contribution in [-0.2, 0) is 11.3 Å². The maximum absolute atomic E-state index is 13.6. The van der Waals surface area contributed by atoms with E-state index in [4.69, 9.17) is 0 Å². The average Bonchev–Trinajstić information content (AvgIpc) is 2.51. The van der Waals surface area contributed by atoms with Crippen molar-refractivity contribution in [3.05, 3.63) is 69.5 Å². The fraction of sp³-hybridized carbons (Fsp3) is 0.235. The van der Waals surface area contributed by atoms with Gasteiger partial charge in [0.2, 0.25) is 0 Å². The van der Waals surface area contributed by atoms with Crippen LogP contribution in [0.25, 0.3) is 0 Å². The van der Waals surface area contributed by atoms with E-state index in [-0.39, 0.29) is 24.0 Å². The van der Waals surface area contributed by atoms with E-state index < -0.39 is 4.92 Å². The summed E-state index contributed by atoms with van der Waals surface area (Å²) in [5.41, 5.74) is 1.68. The Bertz CT molecular complexity index is 764. The molecule has 0 radical (unpaired) electrons. The predicted octanol–water partition coefficient (Wildman–Crippen LogP) is 1.70. The Morgan fingerprint density at radius 3 is 2.62 bits per heavy atom. The quantitative estimate of drug-likeness (QED) is 0.624. The molecule has 0 saturated heterocycles. The number of nitro groups is 1. The Labute approximate surface area is 139 Å². The van der Waals surface area contributed by atoms with E-state index >= 15 is 0 Å². The molecule has 0 spiro atoms. The van der Waals surface area contributed by atoms with Crippen molar-refractivity contribution in [1.82, 2.24) is 0 Å². The molecule has 126 valence electrons. The van der Waals surface area contributed by atoms with Gasteiger partial charge in [-0.3, -0.25) is 14.9 Å². The van der Waals surface area contributed by atoms with Gasteiger partial charge < -0.3 is 10.2 Å². The minimum absolute atomic E-state index is 0.0206. The van der Waals surface area contributed by atoms with Crippen molar-refractivity contribution in [1.29, 1.82) is 0 Å². The number of amides is 1. The number of anilines is 1. The number of carbonyl (C=O) groups excluding carboxylic acids is 1. The topological polar surface area (TPSA) is 76.7 Å². The summed E-state index contributed by atoms with van der Waals surface area (Å²) in [6.07, 6.45) is 0. The molecule has 0 aliphatic carbocycles. The van der Waals surface area contributed by atoms with Gasteiger partial charge in [0.1, 0.15) is 12.4 Å². The highest BCUT2D eigenvalue weighted by atomic mass is 19.1. The van der Waals surface area contributed by atoms with Gasteiger partial charge in [-0.15, -0.1) is 0 Å². The lowest BCUT2D eigenvalue weighted by Gasteiger charge is -2.15. The minimum Gasteiger partial charge on any atom is -0.326 e. The fourth-order valence-electron chi connectivity index (χ4n) is 2.40. The molecule has 7 heteroatoms. The number of nitrogens with one attached hydrogen (secondary N) is 2. The van der Waals surface area contributed by atoms with Gasteiger partial charge in [-0.2, -0.15) is 0 Å². The molecule has 1 amide bonds. The fourth-order valence-corrected chi connectivity index (χ4v) is 2.40. The number of benzene rings is 2. The molecule has 0 saturated carbocycles. The van der Waals surface area contributed by atoms with Gasteiger partial charge in [0.15, 0.2) is 6.54 Å². The Morgan fingerprint density at radius 1 is 1.29 bits per heavy atom. The number of carbonyl (C=O) groups is 1. The highest BCUT2D eigenvalue weighted by Crippen LogP contribution is 2.20. The van der Waals surface area contributed by atoms with Crippen LogP contribution in [0, 0.1) is 22.9 Å². The van der Waals surface area contributed by atoms with Gasteiger partial charge in [0, 0.05) is 23.4 Å². The summed E-state index contributed by atoms with van der Waals surface area (Å²) in [7, 11) is 1.80. The van der Waals surface area contributed by atoms with E-state index in [9.17, 15) is 19.3 Å². The maximum Gasteiger partial charge on any atom is 0.279 e. The number of hydrogen-bond acceptors (Lipinski definition) is 3. The van der Waals surface area contributed by atoms with Gasteiger partial charge in [-0.05, 0) is 24.6 Å². The van der Waals surface area contributed by atoms with E-state index in [2.05, 4.69) is 5.32 Å². The molecular weight excluding hydrogens is 313 g/mol. The van der Waals surface area contributed by atoms with Crippen molar-refractivity contribution in [2.75, 3.05) is 18.9 Å². The zero-order valence-electron chi connectivity index (χ0n) is 13.5. The van der Waals surface area contributed by atoms with Crippen LogP contribution in [0.2, 0.25) is 0 Å². The molecule has 2 N–H and O–H groups in total. The first-order valence-corrected chi connectivity index (χ1v) is 7.46. The van der Waals surface area contributed by atoms with Crippen LogP contribution in [0.3, 0.4) is 0 Å². The molecule has 0 fully saturated rings. The van der Waals surface area contributed by atoms with Gasteiger partial charge in [-0.25, -0.2) is 4.39 Å². The normalized spacial score (nSPS) is 11.8. The van der Waals surface area contributed by atoms with Gasteiger partial charge in [0.25, 0.3) is 11.6 Å². The standard InChI is InChI=1S/C17H18FN3O3/c1-12-9-14(21(23)24)7-8-16(12)19-17(22)11-20(2)10-13-5-3-4-6-15(13)18/h3-9H,10-11H2,1-2H3,(H,19,22)/p+1. The van der Waals surface area contributed by atoms with Crippen molar-refractivity contribution in [2.45, 2.75) is 13.5 Å². The van der Waals surface area contributed by atoms with Crippen LogP contribution in [-0.4, -0.2) is 24.4 Å². The smallest absolute Gasteiger partial charge is 0.279 e. The van der Waals surface area contributed by atoms with Crippen LogP contribution in [0.1, 0.15) is 11.1 Å². The summed E-state index contributed by atoms with van der Waals surface area (Å²) in [6, 6.07) is 10.7. The van der Waals surface area contributed by atoms with Crippen molar-refractivity contribution >= 4 is 17.3 Å². The molecule has 6 nitrogen and oxygen atoms in total. The lowest BCUT2D eigenvalue weighted by Crippen LogP contribution is -3.08. The van der Waals surface area contributed by atoms with Gasteiger partial charge >= 0.3 is 0 Å². The van der Waals surface area contributed by atoms with Crippen LogP contribution in [0.15, 0.2) is 42.5 Å². The Hall–Kier alpha value is -2.80.